The number of carbonyl (C=O) groups excluding carboxylic acids is 1. The lowest BCUT2D eigenvalue weighted by molar-refractivity contribution is 0.0936. The van der Waals surface area contributed by atoms with Crippen molar-refractivity contribution < 1.29 is 4.79 Å². The van der Waals surface area contributed by atoms with Gasteiger partial charge in [0, 0.05) is 11.2 Å². The van der Waals surface area contributed by atoms with Gasteiger partial charge in [0.15, 0.2) is 0 Å². The highest BCUT2D eigenvalue weighted by Gasteiger charge is 2.38. The number of hydrogen-bond acceptors (Lipinski definition) is 2. The second-order valence-corrected chi connectivity index (χ2v) is 4.10. The van der Waals surface area contributed by atoms with Crippen molar-refractivity contribution in [3.8, 4) is 0 Å². The number of nitrogens with two attached hydrogens (primary N) is 1. The van der Waals surface area contributed by atoms with E-state index in [1.54, 1.807) is 12.1 Å². The molecule has 1 saturated carbocycles. The second-order valence-electron chi connectivity index (χ2n) is 4.10. The van der Waals surface area contributed by atoms with Crippen molar-refractivity contribution in [2.24, 2.45) is 0 Å². The third-order valence-corrected chi connectivity index (χ3v) is 2.62. The van der Waals surface area contributed by atoms with Crippen LogP contribution in [0.5, 0.6) is 0 Å². The predicted octanol–water partition coefficient (Wildman–Crippen LogP) is 1.55. The molecule has 0 bridgehead atoms. The molecule has 0 radical (unpaired) electrons. The minimum Gasteiger partial charge on any atom is -0.398 e. The SMILES string of the molecule is CC1(NC(=O)c2ccccc2N)CC1. The van der Waals surface area contributed by atoms with E-state index in [0.29, 0.717) is 11.3 Å². The zero-order valence-corrected chi connectivity index (χ0v) is 8.21. The Balaban J connectivity index is 2.15. The Morgan fingerprint density at radius 1 is 1.43 bits per heavy atom. The second kappa shape index (κ2) is 3.01. The third kappa shape index (κ3) is 1.71. The normalized spacial score (nSPS) is 17.5. The summed E-state index contributed by atoms with van der Waals surface area (Å²) in [6.45, 7) is 2.05. The molecule has 1 amide bonds. The molecule has 0 atom stereocenters. The summed E-state index contributed by atoms with van der Waals surface area (Å²) in [7, 11) is 0. The highest BCUT2D eigenvalue weighted by Crippen LogP contribution is 2.34. The minimum absolute atomic E-state index is 0.0133. The molecular formula is C11H14N2O. The Hall–Kier alpha value is -1.51. The molecule has 1 fully saturated rings. The van der Waals surface area contributed by atoms with Gasteiger partial charge in [-0.25, -0.2) is 0 Å². The molecule has 1 aliphatic rings. The molecule has 0 aliphatic heterocycles. The van der Waals surface area contributed by atoms with E-state index < -0.39 is 0 Å². The summed E-state index contributed by atoms with van der Waals surface area (Å²) in [4.78, 5) is 11.7. The first kappa shape index (κ1) is 9.06. The maximum absolute atomic E-state index is 11.7. The Kier molecular flexibility index (Phi) is 1.95. The molecule has 1 aromatic rings. The van der Waals surface area contributed by atoms with E-state index in [1.165, 1.54) is 0 Å². The van der Waals surface area contributed by atoms with Crippen LogP contribution in [0.25, 0.3) is 0 Å². The molecule has 0 heterocycles. The maximum Gasteiger partial charge on any atom is 0.253 e. The molecule has 0 aromatic heterocycles. The van der Waals surface area contributed by atoms with Gasteiger partial charge in [0.2, 0.25) is 0 Å². The highest BCUT2D eigenvalue weighted by molar-refractivity contribution is 5.99. The lowest BCUT2D eigenvalue weighted by atomic mass is 10.1. The van der Waals surface area contributed by atoms with Gasteiger partial charge in [-0.1, -0.05) is 12.1 Å². The highest BCUT2D eigenvalue weighted by atomic mass is 16.1. The predicted molar refractivity (Wildman–Crippen MR) is 56.0 cm³/mol. The molecule has 0 unspecified atom stereocenters. The molecule has 74 valence electrons. The minimum atomic E-state index is -0.0666. The van der Waals surface area contributed by atoms with Crippen molar-refractivity contribution >= 4 is 11.6 Å². The van der Waals surface area contributed by atoms with Crippen LogP contribution in [0.15, 0.2) is 24.3 Å². The van der Waals surface area contributed by atoms with Crippen LogP contribution < -0.4 is 11.1 Å². The summed E-state index contributed by atoms with van der Waals surface area (Å²) < 4.78 is 0. The van der Waals surface area contributed by atoms with Gasteiger partial charge in [-0.2, -0.15) is 0 Å². The quantitative estimate of drug-likeness (QED) is 0.695. The van der Waals surface area contributed by atoms with Crippen molar-refractivity contribution in [2.45, 2.75) is 25.3 Å². The zero-order chi connectivity index (χ0) is 10.2. The number of benzene rings is 1. The average Bonchev–Trinajstić information content (AvgIpc) is 2.84. The van der Waals surface area contributed by atoms with Crippen LogP contribution in [0.4, 0.5) is 5.69 Å². The van der Waals surface area contributed by atoms with Crippen molar-refractivity contribution in [3.05, 3.63) is 29.8 Å². The van der Waals surface area contributed by atoms with Gasteiger partial charge in [-0.05, 0) is 31.9 Å². The van der Waals surface area contributed by atoms with Crippen LogP contribution in [0.2, 0.25) is 0 Å². The van der Waals surface area contributed by atoms with Crippen LogP contribution in [0, 0.1) is 0 Å². The fourth-order valence-electron chi connectivity index (χ4n) is 1.36. The topological polar surface area (TPSA) is 55.1 Å². The van der Waals surface area contributed by atoms with Crippen molar-refractivity contribution in [3.63, 3.8) is 0 Å². The average molecular weight is 190 g/mol. The maximum atomic E-state index is 11.7. The summed E-state index contributed by atoms with van der Waals surface area (Å²) in [5, 5.41) is 2.97. The number of para-hydroxylation sites is 1. The lowest BCUT2D eigenvalue weighted by Gasteiger charge is -2.12. The summed E-state index contributed by atoms with van der Waals surface area (Å²) in [6, 6.07) is 7.13. The number of anilines is 1. The lowest BCUT2D eigenvalue weighted by Crippen LogP contribution is -2.34. The van der Waals surface area contributed by atoms with E-state index in [9.17, 15) is 4.79 Å². The van der Waals surface area contributed by atoms with Crippen molar-refractivity contribution in [1.29, 1.82) is 0 Å². The standard InChI is InChI=1S/C11H14N2O/c1-11(6-7-11)13-10(14)8-4-2-3-5-9(8)12/h2-5H,6-7,12H2,1H3,(H,13,14). The summed E-state index contributed by atoms with van der Waals surface area (Å²) in [5.41, 5.74) is 6.82. The van der Waals surface area contributed by atoms with E-state index in [1.807, 2.05) is 19.1 Å². The van der Waals surface area contributed by atoms with Crippen LogP contribution >= 0.6 is 0 Å². The molecule has 3 nitrogen and oxygen atoms in total. The summed E-state index contributed by atoms with van der Waals surface area (Å²) in [6.07, 6.45) is 2.12. The smallest absolute Gasteiger partial charge is 0.253 e. The van der Waals surface area contributed by atoms with Crippen molar-refractivity contribution in [1.82, 2.24) is 5.32 Å². The zero-order valence-electron chi connectivity index (χ0n) is 8.21. The largest absolute Gasteiger partial charge is 0.398 e. The van der Waals surface area contributed by atoms with Crippen LogP contribution in [0.1, 0.15) is 30.1 Å². The molecule has 1 aromatic carbocycles. The number of nitrogens with one attached hydrogen (secondary N) is 1. The van der Waals surface area contributed by atoms with Gasteiger partial charge in [0.05, 0.1) is 5.56 Å². The van der Waals surface area contributed by atoms with Gasteiger partial charge >= 0.3 is 0 Å². The van der Waals surface area contributed by atoms with E-state index >= 15 is 0 Å². The van der Waals surface area contributed by atoms with Gasteiger partial charge < -0.3 is 11.1 Å². The first-order valence-corrected chi connectivity index (χ1v) is 4.78. The molecule has 1 aliphatic carbocycles. The number of carbonyl (C=O) groups is 1. The molecular weight excluding hydrogens is 176 g/mol. The van der Waals surface area contributed by atoms with Gasteiger partial charge in [0.1, 0.15) is 0 Å². The molecule has 3 N–H and O–H groups in total. The Bertz CT molecular complexity index is 369. The molecule has 2 rings (SSSR count). The third-order valence-electron chi connectivity index (χ3n) is 2.62. The van der Waals surface area contributed by atoms with Gasteiger partial charge in [-0.15, -0.1) is 0 Å². The Morgan fingerprint density at radius 3 is 2.64 bits per heavy atom. The van der Waals surface area contributed by atoms with Crippen LogP contribution in [0.3, 0.4) is 0 Å². The first-order valence-electron chi connectivity index (χ1n) is 4.78. The monoisotopic (exact) mass is 190 g/mol. The van der Waals surface area contributed by atoms with Crippen LogP contribution in [-0.2, 0) is 0 Å². The van der Waals surface area contributed by atoms with E-state index in [-0.39, 0.29) is 11.4 Å². The number of nitrogen functional groups attached to an aromatic ring is 1. The van der Waals surface area contributed by atoms with Gasteiger partial charge in [0.25, 0.3) is 5.91 Å². The Morgan fingerprint density at radius 2 is 2.07 bits per heavy atom. The fourth-order valence-corrected chi connectivity index (χ4v) is 1.36. The molecule has 3 heteroatoms. The summed E-state index contributed by atoms with van der Waals surface area (Å²) >= 11 is 0. The van der Waals surface area contributed by atoms with Gasteiger partial charge in [-0.3, -0.25) is 4.79 Å². The fraction of sp³-hybridized carbons (Fsp3) is 0.364. The molecule has 0 spiro atoms. The van der Waals surface area contributed by atoms with Crippen molar-refractivity contribution in [2.75, 3.05) is 5.73 Å². The number of rotatable bonds is 2. The van der Waals surface area contributed by atoms with Crippen LogP contribution in [-0.4, -0.2) is 11.4 Å². The van der Waals surface area contributed by atoms with E-state index in [2.05, 4.69) is 5.32 Å². The Labute approximate surface area is 83.3 Å². The number of amides is 1. The molecule has 0 saturated heterocycles. The first-order chi connectivity index (χ1) is 6.61. The van der Waals surface area contributed by atoms with E-state index in [0.717, 1.165) is 12.8 Å². The molecule has 14 heavy (non-hydrogen) atoms. The number of hydrogen-bond donors (Lipinski definition) is 2. The van der Waals surface area contributed by atoms with E-state index in [4.69, 9.17) is 5.73 Å². The summed E-state index contributed by atoms with van der Waals surface area (Å²) in [5.74, 6) is -0.0666.